The van der Waals surface area contributed by atoms with E-state index < -0.39 is 0 Å². The van der Waals surface area contributed by atoms with Crippen LogP contribution < -0.4 is 5.32 Å². The number of hydrogen-bond acceptors (Lipinski definition) is 1. The van der Waals surface area contributed by atoms with Crippen molar-refractivity contribution >= 4 is 11.6 Å². The Morgan fingerprint density at radius 2 is 2.30 bits per heavy atom. The highest BCUT2D eigenvalue weighted by Crippen LogP contribution is 2.09. The van der Waals surface area contributed by atoms with Crippen LogP contribution in [0.4, 0.5) is 0 Å². The van der Waals surface area contributed by atoms with Crippen molar-refractivity contribution in [1.82, 2.24) is 5.32 Å². The monoisotopic (exact) mass is 154 g/mol. The van der Waals surface area contributed by atoms with Crippen LogP contribution >= 0.6 is 11.6 Å². The van der Waals surface area contributed by atoms with Crippen LogP contribution in [-0.2, 0) is 6.54 Å². The van der Waals surface area contributed by atoms with Gasteiger partial charge in [0.25, 0.3) is 0 Å². The van der Waals surface area contributed by atoms with Crippen molar-refractivity contribution in [1.29, 1.82) is 0 Å². The zero-order valence-electron chi connectivity index (χ0n) is 5.60. The maximum absolute atomic E-state index is 5.73. The molecule has 1 aromatic carbocycles. The van der Waals surface area contributed by atoms with E-state index in [1.54, 1.807) is 0 Å². The Labute approximate surface area is 66.0 Å². The molecule has 0 bridgehead atoms. The molecule has 0 spiro atoms. The van der Waals surface area contributed by atoms with Gasteiger partial charge in [0.1, 0.15) is 0 Å². The molecule has 0 unspecified atom stereocenters. The van der Waals surface area contributed by atoms with Crippen molar-refractivity contribution < 1.29 is 0 Å². The van der Waals surface area contributed by atoms with Gasteiger partial charge in [-0.25, -0.2) is 0 Å². The van der Waals surface area contributed by atoms with Crippen LogP contribution in [0.5, 0.6) is 0 Å². The molecule has 1 radical (unpaired) electrons. The molecular weight excluding hydrogens is 146 g/mol. The fourth-order valence-corrected chi connectivity index (χ4v) is 1.00. The third kappa shape index (κ3) is 2.01. The van der Waals surface area contributed by atoms with E-state index in [1.807, 2.05) is 24.3 Å². The minimum absolute atomic E-state index is 0.764. The van der Waals surface area contributed by atoms with Crippen molar-refractivity contribution in [2.24, 2.45) is 0 Å². The van der Waals surface area contributed by atoms with Crippen LogP contribution in [0.2, 0.25) is 5.02 Å². The molecular formula is C8H9ClN. The average Bonchev–Trinajstić information content (AvgIpc) is 1.88. The summed E-state index contributed by atoms with van der Waals surface area (Å²) in [5.41, 5.74) is 1.16. The largest absolute Gasteiger partial charge is 0.311 e. The van der Waals surface area contributed by atoms with Crippen LogP contribution in [0, 0.1) is 7.05 Å². The van der Waals surface area contributed by atoms with E-state index >= 15 is 0 Å². The van der Waals surface area contributed by atoms with Gasteiger partial charge in [-0.1, -0.05) is 23.7 Å². The third-order valence-electron chi connectivity index (χ3n) is 1.22. The molecule has 1 rings (SSSR count). The van der Waals surface area contributed by atoms with Gasteiger partial charge in [0.15, 0.2) is 0 Å². The second-order valence-electron chi connectivity index (χ2n) is 2.06. The molecule has 0 heterocycles. The molecule has 1 aromatic rings. The maximum atomic E-state index is 5.73. The lowest BCUT2D eigenvalue weighted by Gasteiger charge is -1.98. The van der Waals surface area contributed by atoms with Gasteiger partial charge < -0.3 is 5.32 Å². The zero-order chi connectivity index (χ0) is 7.40. The first-order valence-corrected chi connectivity index (χ1v) is 3.45. The molecule has 0 aliphatic rings. The molecule has 1 N–H and O–H groups in total. The fraction of sp³-hybridized carbons (Fsp3) is 0.125. The lowest BCUT2D eigenvalue weighted by atomic mass is 10.2. The summed E-state index contributed by atoms with van der Waals surface area (Å²) in [6.45, 7) is 0.764. The lowest BCUT2D eigenvalue weighted by Crippen LogP contribution is -2.01. The minimum atomic E-state index is 0.764. The molecule has 2 heteroatoms. The van der Waals surface area contributed by atoms with Gasteiger partial charge >= 0.3 is 0 Å². The number of hydrogen-bond donors (Lipinski definition) is 1. The molecule has 0 aliphatic carbocycles. The summed E-state index contributed by atoms with van der Waals surface area (Å²) < 4.78 is 0. The van der Waals surface area contributed by atoms with Gasteiger partial charge in [0.2, 0.25) is 0 Å². The van der Waals surface area contributed by atoms with Gasteiger partial charge in [0, 0.05) is 18.6 Å². The second-order valence-corrected chi connectivity index (χ2v) is 2.49. The van der Waals surface area contributed by atoms with Crippen LogP contribution in [0.1, 0.15) is 5.56 Å². The van der Waals surface area contributed by atoms with Crippen LogP contribution in [0.3, 0.4) is 0 Å². The summed E-state index contributed by atoms with van der Waals surface area (Å²) >= 11 is 5.73. The Balaban J connectivity index is 2.75. The van der Waals surface area contributed by atoms with Crippen molar-refractivity contribution in [3.05, 3.63) is 41.9 Å². The third-order valence-corrected chi connectivity index (χ3v) is 1.45. The maximum Gasteiger partial charge on any atom is 0.0409 e. The fourth-order valence-electron chi connectivity index (χ4n) is 0.791. The normalized spacial score (nSPS) is 9.80. The quantitative estimate of drug-likeness (QED) is 0.689. The summed E-state index contributed by atoms with van der Waals surface area (Å²) in [4.78, 5) is 0. The van der Waals surface area contributed by atoms with E-state index in [9.17, 15) is 0 Å². The molecule has 0 saturated carbocycles. The van der Waals surface area contributed by atoms with Crippen molar-refractivity contribution in [3.63, 3.8) is 0 Å². The first-order chi connectivity index (χ1) is 4.83. The summed E-state index contributed by atoms with van der Waals surface area (Å²) in [6, 6.07) is 7.70. The SMILES string of the molecule is [CH2]NCc1cccc(Cl)c1. The van der Waals surface area contributed by atoms with Gasteiger partial charge in [-0.3, -0.25) is 0 Å². The molecule has 10 heavy (non-hydrogen) atoms. The van der Waals surface area contributed by atoms with E-state index in [-0.39, 0.29) is 0 Å². The van der Waals surface area contributed by atoms with Gasteiger partial charge in [0.05, 0.1) is 0 Å². The van der Waals surface area contributed by atoms with Crippen molar-refractivity contribution in [2.75, 3.05) is 0 Å². The summed E-state index contributed by atoms with van der Waals surface area (Å²) in [5, 5.41) is 3.57. The second kappa shape index (κ2) is 3.59. The number of benzene rings is 1. The topological polar surface area (TPSA) is 12.0 Å². The van der Waals surface area contributed by atoms with Gasteiger partial charge in [-0.15, -0.1) is 0 Å². The highest BCUT2D eigenvalue weighted by molar-refractivity contribution is 6.30. The van der Waals surface area contributed by atoms with E-state index in [2.05, 4.69) is 12.4 Å². The molecule has 0 fully saturated rings. The molecule has 53 valence electrons. The smallest absolute Gasteiger partial charge is 0.0409 e. The minimum Gasteiger partial charge on any atom is -0.311 e. The van der Waals surface area contributed by atoms with Crippen LogP contribution in [0.15, 0.2) is 24.3 Å². The Bertz CT molecular complexity index is 210. The Hall–Kier alpha value is -0.530. The number of nitrogens with one attached hydrogen (secondary N) is 1. The zero-order valence-corrected chi connectivity index (χ0v) is 6.36. The first kappa shape index (κ1) is 7.58. The predicted octanol–water partition coefficient (Wildman–Crippen LogP) is 2.22. The molecule has 0 aromatic heterocycles. The summed E-state index contributed by atoms with van der Waals surface area (Å²) in [7, 11) is 3.52. The molecule has 0 aliphatic heterocycles. The summed E-state index contributed by atoms with van der Waals surface area (Å²) in [6.07, 6.45) is 0. The van der Waals surface area contributed by atoms with Crippen molar-refractivity contribution in [3.8, 4) is 0 Å². The molecule has 0 saturated heterocycles. The van der Waals surface area contributed by atoms with Crippen molar-refractivity contribution in [2.45, 2.75) is 6.54 Å². The van der Waals surface area contributed by atoms with Gasteiger partial charge in [-0.05, 0) is 17.7 Å². The summed E-state index contributed by atoms with van der Waals surface area (Å²) in [5.74, 6) is 0. The number of rotatable bonds is 2. The van der Waals surface area contributed by atoms with E-state index in [0.717, 1.165) is 17.1 Å². The lowest BCUT2D eigenvalue weighted by molar-refractivity contribution is 0.866. The molecule has 1 nitrogen and oxygen atoms in total. The van der Waals surface area contributed by atoms with Gasteiger partial charge in [-0.2, -0.15) is 0 Å². The Morgan fingerprint density at radius 1 is 1.50 bits per heavy atom. The molecule has 0 atom stereocenters. The Kier molecular flexibility index (Phi) is 2.72. The standard InChI is InChI=1S/C8H9ClN/c1-10-6-7-3-2-4-8(9)5-7/h2-5,10H,1,6H2. The molecule has 0 amide bonds. The van der Waals surface area contributed by atoms with Crippen LogP contribution in [-0.4, -0.2) is 0 Å². The predicted molar refractivity (Wildman–Crippen MR) is 43.6 cm³/mol. The van der Waals surface area contributed by atoms with E-state index in [0.29, 0.717) is 0 Å². The average molecular weight is 155 g/mol. The highest BCUT2D eigenvalue weighted by Gasteiger charge is 1.89. The van der Waals surface area contributed by atoms with E-state index in [1.165, 1.54) is 0 Å². The highest BCUT2D eigenvalue weighted by atomic mass is 35.5. The first-order valence-electron chi connectivity index (χ1n) is 3.07. The van der Waals surface area contributed by atoms with Crippen LogP contribution in [0.25, 0.3) is 0 Å². The van der Waals surface area contributed by atoms with E-state index in [4.69, 9.17) is 11.6 Å². The number of halogens is 1. The Morgan fingerprint density at radius 3 is 2.90 bits per heavy atom.